The third-order valence-corrected chi connectivity index (χ3v) is 9.42. The lowest BCUT2D eigenvalue weighted by atomic mass is 9.88. The standard InChI is InChI=1S/C38H42N3S/c1-23(2)20-34-39-36-33(42-34)19-18-26(7)35(36)38-40(8)31-16-12-13-17-32(31)41(38)37-29(24(3)4)21-28(22-30(37)25(5)6)27-14-10-9-11-15-27/h9-19,21-25H,20H2,1-8H3/q+1. The smallest absolute Gasteiger partial charge is 0.240 e. The van der Waals surface area contributed by atoms with E-state index in [9.17, 15) is 0 Å². The van der Waals surface area contributed by atoms with E-state index >= 15 is 0 Å². The van der Waals surface area contributed by atoms with Crippen molar-refractivity contribution in [3.8, 4) is 28.2 Å². The molecule has 0 aliphatic carbocycles. The fourth-order valence-electron chi connectivity index (χ4n) is 6.30. The van der Waals surface area contributed by atoms with Gasteiger partial charge in [-0.2, -0.15) is 4.57 Å². The van der Waals surface area contributed by atoms with Crippen LogP contribution in [0, 0.1) is 12.8 Å². The van der Waals surface area contributed by atoms with Crippen LogP contribution in [0.25, 0.3) is 49.5 Å². The Morgan fingerprint density at radius 1 is 0.786 bits per heavy atom. The molecule has 4 heteroatoms. The van der Waals surface area contributed by atoms with Gasteiger partial charge in [0.05, 0.1) is 27.8 Å². The average molecular weight is 573 g/mol. The summed E-state index contributed by atoms with van der Waals surface area (Å²) in [5.74, 6) is 2.45. The first-order valence-electron chi connectivity index (χ1n) is 15.3. The quantitative estimate of drug-likeness (QED) is 0.174. The summed E-state index contributed by atoms with van der Waals surface area (Å²) in [5, 5.41) is 1.22. The summed E-state index contributed by atoms with van der Waals surface area (Å²) < 4.78 is 6.20. The molecule has 6 aromatic rings. The number of benzene rings is 4. The van der Waals surface area contributed by atoms with Crippen LogP contribution in [0.15, 0.2) is 78.9 Å². The van der Waals surface area contributed by atoms with E-state index in [2.05, 4.69) is 144 Å². The first-order valence-corrected chi connectivity index (χ1v) is 16.1. The van der Waals surface area contributed by atoms with Gasteiger partial charge in [-0.05, 0) is 71.7 Å². The molecule has 0 saturated carbocycles. The number of aryl methyl sites for hydroxylation is 2. The van der Waals surface area contributed by atoms with Crippen molar-refractivity contribution >= 4 is 32.6 Å². The molecule has 6 rings (SSSR count). The number of para-hydroxylation sites is 2. The van der Waals surface area contributed by atoms with Crippen molar-refractivity contribution in [1.29, 1.82) is 0 Å². The van der Waals surface area contributed by atoms with Crippen molar-refractivity contribution < 1.29 is 4.57 Å². The largest absolute Gasteiger partial charge is 0.297 e. The Hall–Kier alpha value is -3.76. The molecule has 0 saturated heterocycles. The predicted octanol–water partition coefficient (Wildman–Crippen LogP) is 10.2. The molecule has 2 heterocycles. The van der Waals surface area contributed by atoms with Gasteiger partial charge in [-0.3, -0.25) is 0 Å². The Morgan fingerprint density at radius 3 is 2.07 bits per heavy atom. The van der Waals surface area contributed by atoms with E-state index in [1.165, 1.54) is 65.6 Å². The predicted molar refractivity (Wildman–Crippen MR) is 180 cm³/mol. The summed E-state index contributed by atoms with van der Waals surface area (Å²) >= 11 is 1.84. The highest BCUT2D eigenvalue weighted by Gasteiger charge is 2.33. The molecule has 0 spiro atoms. The average Bonchev–Trinajstić information content (AvgIpc) is 3.50. The number of hydrogen-bond acceptors (Lipinski definition) is 2. The lowest BCUT2D eigenvalue weighted by Crippen LogP contribution is -2.30. The Morgan fingerprint density at radius 2 is 1.43 bits per heavy atom. The third-order valence-electron chi connectivity index (χ3n) is 8.38. The van der Waals surface area contributed by atoms with Gasteiger partial charge in [-0.25, -0.2) is 9.55 Å². The summed E-state index contributed by atoms with van der Waals surface area (Å²) in [4.78, 5) is 5.30. The van der Waals surface area contributed by atoms with Gasteiger partial charge in [0.2, 0.25) is 0 Å². The molecule has 2 aromatic heterocycles. The molecule has 3 nitrogen and oxygen atoms in total. The molecule has 0 fully saturated rings. The zero-order chi connectivity index (χ0) is 29.7. The van der Waals surface area contributed by atoms with Crippen molar-refractivity contribution in [1.82, 2.24) is 9.55 Å². The fraction of sp³-hybridized carbons (Fsp3) is 0.316. The van der Waals surface area contributed by atoms with Gasteiger partial charge in [-0.1, -0.05) is 90.1 Å². The highest BCUT2D eigenvalue weighted by atomic mass is 32.1. The van der Waals surface area contributed by atoms with Crippen LogP contribution in [0.3, 0.4) is 0 Å². The van der Waals surface area contributed by atoms with Crippen molar-refractivity contribution in [3.63, 3.8) is 0 Å². The molecule has 0 bridgehead atoms. The van der Waals surface area contributed by atoms with Gasteiger partial charge >= 0.3 is 0 Å². The van der Waals surface area contributed by atoms with Gasteiger partial charge in [0.25, 0.3) is 5.82 Å². The van der Waals surface area contributed by atoms with Gasteiger partial charge in [0.15, 0.2) is 11.0 Å². The van der Waals surface area contributed by atoms with Crippen molar-refractivity contribution in [3.05, 3.63) is 101 Å². The van der Waals surface area contributed by atoms with Gasteiger partial charge in [0.1, 0.15) is 5.69 Å². The van der Waals surface area contributed by atoms with Gasteiger partial charge < -0.3 is 0 Å². The molecule has 4 aromatic carbocycles. The van der Waals surface area contributed by atoms with E-state index in [4.69, 9.17) is 4.98 Å². The molecule has 0 N–H and O–H groups in total. The van der Waals surface area contributed by atoms with Gasteiger partial charge in [-0.15, -0.1) is 11.3 Å². The van der Waals surface area contributed by atoms with E-state index in [0.717, 1.165) is 11.9 Å². The molecule has 0 aliphatic heterocycles. The van der Waals surface area contributed by atoms with E-state index in [0.29, 0.717) is 17.8 Å². The SMILES string of the molecule is Cc1ccc2sc(CC(C)C)nc2c1-c1n(-c2c(C(C)C)cc(-c3ccccc3)cc2C(C)C)c2ccccc2[n+]1C. The van der Waals surface area contributed by atoms with Gasteiger partial charge in [0, 0.05) is 17.5 Å². The first-order chi connectivity index (χ1) is 20.2. The molecule has 42 heavy (non-hydrogen) atoms. The lowest BCUT2D eigenvalue weighted by molar-refractivity contribution is -0.633. The Labute approximate surface area is 254 Å². The van der Waals surface area contributed by atoms with Crippen LogP contribution < -0.4 is 4.57 Å². The molecule has 0 radical (unpaired) electrons. The second-order valence-corrected chi connectivity index (χ2v) is 13.8. The number of rotatable bonds is 7. The lowest BCUT2D eigenvalue weighted by Gasteiger charge is -2.21. The summed E-state index contributed by atoms with van der Waals surface area (Å²) in [6.45, 7) is 16.1. The Kier molecular flexibility index (Phi) is 7.53. The highest BCUT2D eigenvalue weighted by molar-refractivity contribution is 7.18. The number of aromatic nitrogens is 3. The highest BCUT2D eigenvalue weighted by Crippen LogP contribution is 2.42. The maximum absolute atomic E-state index is 5.30. The molecule has 0 amide bonds. The van der Waals surface area contributed by atoms with Crippen LogP contribution in [0.5, 0.6) is 0 Å². The monoisotopic (exact) mass is 572 g/mol. The third kappa shape index (κ3) is 4.86. The molecule has 0 aliphatic rings. The van der Waals surface area contributed by atoms with Crippen molar-refractivity contribution in [2.75, 3.05) is 0 Å². The Balaban J connectivity index is 1.75. The second kappa shape index (κ2) is 11.1. The van der Waals surface area contributed by atoms with Crippen LogP contribution in [0.2, 0.25) is 0 Å². The zero-order valence-corrected chi connectivity index (χ0v) is 27.0. The molecular formula is C38H42N3S+. The molecule has 0 atom stereocenters. The van der Waals surface area contributed by atoms with Crippen molar-refractivity contribution in [2.45, 2.75) is 66.7 Å². The van der Waals surface area contributed by atoms with Crippen molar-refractivity contribution in [2.24, 2.45) is 13.0 Å². The summed E-state index contributed by atoms with van der Waals surface area (Å²) in [5.41, 5.74) is 12.6. The normalized spacial score (nSPS) is 12.1. The van der Waals surface area contributed by atoms with E-state index in [-0.39, 0.29) is 0 Å². The minimum Gasteiger partial charge on any atom is -0.240 e. The maximum atomic E-state index is 5.30. The van der Waals surface area contributed by atoms with E-state index < -0.39 is 0 Å². The Bertz CT molecular complexity index is 1880. The fourth-order valence-corrected chi connectivity index (χ4v) is 7.48. The first kappa shape index (κ1) is 28.4. The van der Waals surface area contributed by atoms with Crippen LogP contribution in [0.1, 0.15) is 75.1 Å². The number of fused-ring (bicyclic) bond motifs is 2. The number of thiazole rings is 1. The molecule has 214 valence electrons. The summed E-state index contributed by atoms with van der Waals surface area (Å²) in [6, 6.07) is 29.0. The number of imidazole rings is 1. The van der Waals surface area contributed by atoms with Crippen LogP contribution in [0.4, 0.5) is 0 Å². The summed E-state index contributed by atoms with van der Waals surface area (Å²) in [7, 11) is 2.22. The summed E-state index contributed by atoms with van der Waals surface area (Å²) in [6.07, 6.45) is 1.00. The maximum Gasteiger partial charge on any atom is 0.297 e. The topological polar surface area (TPSA) is 21.7 Å². The minimum atomic E-state index is 0.342. The van der Waals surface area contributed by atoms with E-state index in [1.54, 1.807) is 0 Å². The van der Waals surface area contributed by atoms with E-state index in [1.807, 2.05) is 11.3 Å². The van der Waals surface area contributed by atoms with Crippen LogP contribution >= 0.6 is 11.3 Å². The number of nitrogens with zero attached hydrogens (tertiary/aromatic N) is 3. The van der Waals surface area contributed by atoms with Crippen LogP contribution in [-0.2, 0) is 13.5 Å². The number of hydrogen-bond donors (Lipinski definition) is 0. The minimum absolute atomic E-state index is 0.342. The zero-order valence-electron chi connectivity index (χ0n) is 26.2. The molecule has 0 unspecified atom stereocenters. The van der Waals surface area contributed by atoms with Crippen LogP contribution in [-0.4, -0.2) is 9.55 Å². The molecular weight excluding hydrogens is 531 g/mol. The second-order valence-electron chi connectivity index (χ2n) is 12.7.